The molecule has 4 aromatic rings. The van der Waals surface area contributed by atoms with E-state index in [1.807, 2.05) is 0 Å². The number of halogens is 4. The largest absolute Gasteiger partial charge is 0.496 e. The van der Waals surface area contributed by atoms with Gasteiger partial charge in [0.25, 0.3) is 5.91 Å². The summed E-state index contributed by atoms with van der Waals surface area (Å²) in [6.45, 7) is 0. The van der Waals surface area contributed by atoms with Crippen LogP contribution in [0, 0.1) is 11.6 Å². The molecule has 0 saturated heterocycles. The Labute approximate surface area is 214 Å². The number of methoxy groups -OCH3 is 1. The maximum absolute atomic E-state index is 14.1. The van der Waals surface area contributed by atoms with E-state index in [1.54, 1.807) is 30.3 Å². The second kappa shape index (κ2) is 10.5. The van der Waals surface area contributed by atoms with Crippen LogP contribution < -0.4 is 10.1 Å². The molecule has 4 rings (SSSR count). The van der Waals surface area contributed by atoms with Crippen molar-refractivity contribution in [3.8, 4) is 16.9 Å². The molecular formula is C26H18Cl2F2N2O4. The number of nitrogens with one attached hydrogen (secondary N) is 1. The van der Waals surface area contributed by atoms with Crippen LogP contribution in [0.25, 0.3) is 22.0 Å². The smallest absolute Gasteiger partial charge is 0.326 e. The number of ether oxygens (including phenoxy) is 1. The molecule has 6 nitrogen and oxygen atoms in total. The number of carboxylic acids is 1. The highest BCUT2D eigenvalue weighted by Crippen LogP contribution is 2.37. The molecule has 0 aliphatic heterocycles. The summed E-state index contributed by atoms with van der Waals surface area (Å²) in [4.78, 5) is 29.2. The first-order valence-electron chi connectivity index (χ1n) is 10.6. The highest BCUT2D eigenvalue weighted by atomic mass is 35.5. The third kappa shape index (κ3) is 4.96. The van der Waals surface area contributed by atoms with Crippen LogP contribution in [0.1, 0.15) is 15.9 Å². The Hall–Kier alpha value is -3.75. The minimum Gasteiger partial charge on any atom is -0.496 e. The van der Waals surface area contributed by atoms with Gasteiger partial charge in [0.15, 0.2) is 11.6 Å². The van der Waals surface area contributed by atoms with E-state index in [9.17, 15) is 23.5 Å². The van der Waals surface area contributed by atoms with Crippen molar-refractivity contribution >= 4 is 46.0 Å². The lowest BCUT2D eigenvalue weighted by Crippen LogP contribution is -2.42. The fourth-order valence-corrected chi connectivity index (χ4v) is 4.47. The molecule has 0 spiro atoms. The first-order valence-corrected chi connectivity index (χ1v) is 11.3. The molecule has 0 aliphatic rings. The van der Waals surface area contributed by atoms with Crippen LogP contribution in [0.5, 0.6) is 5.75 Å². The zero-order valence-electron chi connectivity index (χ0n) is 18.7. The fourth-order valence-electron chi connectivity index (χ4n) is 3.90. The number of hydrogen-bond acceptors (Lipinski definition) is 4. The van der Waals surface area contributed by atoms with Crippen molar-refractivity contribution in [1.82, 2.24) is 10.3 Å². The van der Waals surface area contributed by atoms with E-state index >= 15 is 0 Å². The zero-order valence-corrected chi connectivity index (χ0v) is 20.2. The van der Waals surface area contributed by atoms with Crippen molar-refractivity contribution in [3.63, 3.8) is 0 Å². The summed E-state index contributed by atoms with van der Waals surface area (Å²) in [6, 6.07) is 11.8. The van der Waals surface area contributed by atoms with Crippen molar-refractivity contribution in [2.75, 3.05) is 7.11 Å². The van der Waals surface area contributed by atoms with E-state index in [1.165, 1.54) is 25.4 Å². The standard InChI is InChI=1S/C26H18Cl2F2N2O4/c1-36-22-12-20(30)19(29)11-16(22)14-8-7-13(24-15(14)4-3-9-31-24)10-21(26(34)35)32-25(33)23-17(27)5-2-6-18(23)28/h2-9,11-12,21H,10H2,1H3,(H,32,33)(H,34,35). The number of carbonyl (C=O) groups excluding carboxylic acids is 1. The van der Waals surface area contributed by atoms with Gasteiger partial charge >= 0.3 is 5.97 Å². The molecule has 36 heavy (non-hydrogen) atoms. The molecule has 0 bridgehead atoms. The SMILES string of the molecule is COc1cc(F)c(F)cc1-c1ccc(CC(NC(=O)c2c(Cl)cccc2Cl)C(=O)O)c2ncccc12. The van der Waals surface area contributed by atoms with Crippen LogP contribution in [-0.4, -0.2) is 35.1 Å². The van der Waals surface area contributed by atoms with E-state index in [4.69, 9.17) is 27.9 Å². The number of aliphatic carboxylic acids is 1. The van der Waals surface area contributed by atoms with Gasteiger partial charge in [-0.05, 0) is 35.4 Å². The van der Waals surface area contributed by atoms with Crippen molar-refractivity contribution in [2.24, 2.45) is 0 Å². The number of carboxylic acid groups (broad SMARTS) is 1. The number of rotatable bonds is 7. The molecule has 1 atom stereocenters. The molecule has 1 unspecified atom stereocenters. The highest BCUT2D eigenvalue weighted by Gasteiger charge is 2.25. The number of benzene rings is 3. The summed E-state index contributed by atoms with van der Waals surface area (Å²) >= 11 is 12.2. The van der Waals surface area contributed by atoms with Crippen LogP contribution in [0.4, 0.5) is 8.78 Å². The van der Waals surface area contributed by atoms with E-state index < -0.39 is 29.6 Å². The van der Waals surface area contributed by atoms with Gasteiger partial charge in [0, 0.05) is 29.6 Å². The van der Waals surface area contributed by atoms with Crippen LogP contribution in [0.3, 0.4) is 0 Å². The van der Waals surface area contributed by atoms with Gasteiger partial charge in [-0.2, -0.15) is 0 Å². The fraction of sp³-hybridized carbons (Fsp3) is 0.115. The average molecular weight is 531 g/mol. The lowest BCUT2D eigenvalue weighted by Gasteiger charge is -2.18. The molecule has 3 aromatic carbocycles. The molecule has 2 N–H and O–H groups in total. The second-order valence-electron chi connectivity index (χ2n) is 7.80. The summed E-state index contributed by atoms with van der Waals surface area (Å²) in [5.74, 6) is -3.98. The average Bonchev–Trinajstić information content (AvgIpc) is 2.85. The number of hydrogen-bond donors (Lipinski definition) is 2. The Kier molecular flexibility index (Phi) is 7.37. The zero-order chi connectivity index (χ0) is 26.0. The van der Waals surface area contributed by atoms with Crippen LogP contribution in [0.2, 0.25) is 10.0 Å². The maximum atomic E-state index is 14.1. The molecule has 0 saturated carbocycles. The molecule has 0 radical (unpaired) electrons. The van der Waals surface area contributed by atoms with Gasteiger partial charge in [-0.15, -0.1) is 0 Å². The van der Waals surface area contributed by atoms with Gasteiger partial charge in [-0.25, -0.2) is 13.6 Å². The van der Waals surface area contributed by atoms with Gasteiger partial charge < -0.3 is 15.2 Å². The number of pyridine rings is 1. The maximum Gasteiger partial charge on any atom is 0.326 e. The van der Waals surface area contributed by atoms with Crippen LogP contribution in [0.15, 0.2) is 60.8 Å². The minimum atomic E-state index is -1.33. The predicted octanol–water partition coefficient (Wildman–Crippen LogP) is 5.92. The lowest BCUT2D eigenvalue weighted by atomic mass is 9.94. The molecule has 1 heterocycles. The van der Waals surface area contributed by atoms with Crippen LogP contribution in [-0.2, 0) is 11.2 Å². The van der Waals surface area contributed by atoms with Crippen molar-refractivity contribution in [3.05, 3.63) is 93.6 Å². The molecule has 184 valence electrons. The normalized spacial score (nSPS) is 11.8. The highest BCUT2D eigenvalue weighted by molar-refractivity contribution is 6.39. The molecule has 1 aromatic heterocycles. The van der Waals surface area contributed by atoms with Gasteiger partial charge in [-0.3, -0.25) is 9.78 Å². The number of carbonyl (C=O) groups is 2. The Morgan fingerprint density at radius 2 is 1.72 bits per heavy atom. The Morgan fingerprint density at radius 3 is 2.39 bits per heavy atom. The Morgan fingerprint density at radius 1 is 1.03 bits per heavy atom. The summed E-state index contributed by atoms with van der Waals surface area (Å²) in [5.41, 5.74) is 1.72. The van der Waals surface area contributed by atoms with Gasteiger partial charge in [-0.1, -0.05) is 47.5 Å². The molecule has 1 amide bonds. The van der Waals surface area contributed by atoms with Crippen molar-refractivity contribution < 1.29 is 28.2 Å². The summed E-state index contributed by atoms with van der Waals surface area (Å²) in [6.07, 6.45) is 1.40. The second-order valence-corrected chi connectivity index (χ2v) is 8.62. The topological polar surface area (TPSA) is 88.5 Å². The molecule has 0 aliphatic carbocycles. The van der Waals surface area contributed by atoms with E-state index in [0.717, 1.165) is 12.1 Å². The number of aromatic nitrogens is 1. The minimum absolute atomic E-state index is 0.0316. The monoisotopic (exact) mass is 530 g/mol. The number of fused-ring (bicyclic) bond motifs is 1. The number of amides is 1. The first-order chi connectivity index (χ1) is 17.2. The number of nitrogens with zero attached hydrogens (tertiary/aromatic N) is 1. The van der Waals surface area contributed by atoms with Crippen molar-refractivity contribution in [1.29, 1.82) is 0 Å². The van der Waals surface area contributed by atoms with Crippen molar-refractivity contribution in [2.45, 2.75) is 12.5 Å². The van der Waals surface area contributed by atoms with E-state index in [-0.39, 0.29) is 27.8 Å². The first kappa shape index (κ1) is 25.3. The molecule has 10 heteroatoms. The summed E-state index contributed by atoms with van der Waals surface area (Å²) in [5, 5.41) is 13.0. The summed E-state index contributed by atoms with van der Waals surface area (Å²) in [7, 11) is 1.34. The van der Waals surface area contributed by atoms with Crippen LogP contribution >= 0.6 is 23.2 Å². The van der Waals surface area contributed by atoms with Gasteiger partial charge in [0.2, 0.25) is 0 Å². The molecular weight excluding hydrogens is 513 g/mol. The third-order valence-corrected chi connectivity index (χ3v) is 6.23. The van der Waals surface area contributed by atoms with E-state index in [0.29, 0.717) is 27.6 Å². The van der Waals surface area contributed by atoms with Gasteiger partial charge in [0.05, 0.1) is 28.2 Å². The Bertz CT molecular complexity index is 1480. The lowest BCUT2D eigenvalue weighted by molar-refractivity contribution is -0.139. The van der Waals surface area contributed by atoms with E-state index in [2.05, 4.69) is 10.3 Å². The summed E-state index contributed by atoms with van der Waals surface area (Å²) < 4.78 is 33.1. The molecule has 0 fully saturated rings. The predicted molar refractivity (Wildman–Crippen MR) is 133 cm³/mol. The third-order valence-electron chi connectivity index (χ3n) is 5.60. The van der Waals surface area contributed by atoms with Gasteiger partial charge in [0.1, 0.15) is 11.8 Å². The Balaban J connectivity index is 1.74. The quantitative estimate of drug-likeness (QED) is 0.309.